The molecule has 0 atom stereocenters. The first-order valence-electron chi connectivity index (χ1n) is 6.48. The third-order valence-electron chi connectivity index (χ3n) is 3.36. The monoisotopic (exact) mass is 245 g/mol. The van der Waals surface area contributed by atoms with Gasteiger partial charge in [0.15, 0.2) is 5.82 Å². The molecule has 0 radical (unpaired) electrons. The number of fused-ring (bicyclic) bond motifs is 1. The first kappa shape index (κ1) is 11.5. The lowest BCUT2D eigenvalue weighted by Crippen LogP contribution is -2.24. The summed E-state index contributed by atoms with van der Waals surface area (Å²) >= 11 is 0. The molecule has 5 heteroatoms. The predicted molar refractivity (Wildman–Crippen MR) is 69.8 cm³/mol. The van der Waals surface area contributed by atoms with Gasteiger partial charge in [-0.15, -0.1) is 0 Å². The van der Waals surface area contributed by atoms with Gasteiger partial charge in [0.25, 0.3) is 0 Å². The molecule has 1 N–H and O–H groups in total. The average molecular weight is 245 g/mol. The third kappa shape index (κ3) is 1.75. The SMILES string of the molecule is CC(C)c1nc2c(n1-c1ccn(C)n1)CCNC2. The average Bonchev–Trinajstić information content (AvgIpc) is 2.92. The zero-order chi connectivity index (χ0) is 12.7. The van der Waals surface area contributed by atoms with Crippen molar-refractivity contribution in [3.8, 4) is 5.82 Å². The maximum Gasteiger partial charge on any atom is 0.160 e. The van der Waals surface area contributed by atoms with Crippen molar-refractivity contribution in [1.82, 2.24) is 24.6 Å². The van der Waals surface area contributed by atoms with Gasteiger partial charge in [-0.2, -0.15) is 5.10 Å². The van der Waals surface area contributed by atoms with Crippen molar-refractivity contribution >= 4 is 0 Å². The van der Waals surface area contributed by atoms with Crippen LogP contribution in [0, 0.1) is 0 Å². The first-order chi connectivity index (χ1) is 8.66. The second kappa shape index (κ2) is 4.24. The van der Waals surface area contributed by atoms with E-state index < -0.39 is 0 Å². The maximum absolute atomic E-state index is 4.79. The van der Waals surface area contributed by atoms with Crippen molar-refractivity contribution in [2.75, 3.05) is 6.54 Å². The molecule has 0 saturated carbocycles. The normalized spacial score (nSPS) is 15.1. The second-order valence-corrected chi connectivity index (χ2v) is 5.13. The lowest BCUT2D eigenvalue weighted by atomic mass is 10.2. The van der Waals surface area contributed by atoms with Gasteiger partial charge < -0.3 is 5.32 Å². The number of aryl methyl sites for hydroxylation is 1. The topological polar surface area (TPSA) is 47.7 Å². The first-order valence-corrected chi connectivity index (χ1v) is 6.48. The molecule has 0 amide bonds. The maximum atomic E-state index is 4.79. The highest BCUT2D eigenvalue weighted by atomic mass is 15.3. The largest absolute Gasteiger partial charge is 0.311 e. The van der Waals surface area contributed by atoms with Crippen LogP contribution in [0.3, 0.4) is 0 Å². The molecule has 0 spiro atoms. The Bertz CT molecular complexity index is 564. The molecule has 18 heavy (non-hydrogen) atoms. The van der Waals surface area contributed by atoms with Crippen LogP contribution >= 0.6 is 0 Å². The van der Waals surface area contributed by atoms with Crippen LogP contribution in [-0.2, 0) is 20.0 Å². The van der Waals surface area contributed by atoms with Crippen LogP contribution in [0.2, 0.25) is 0 Å². The van der Waals surface area contributed by atoms with E-state index in [1.54, 1.807) is 0 Å². The zero-order valence-electron chi connectivity index (χ0n) is 11.1. The van der Waals surface area contributed by atoms with Crippen molar-refractivity contribution < 1.29 is 0 Å². The van der Waals surface area contributed by atoms with Crippen molar-refractivity contribution in [1.29, 1.82) is 0 Å². The van der Waals surface area contributed by atoms with E-state index >= 15 is 0 Å². The molecule has 1 aliphatic heterocycles. The minimum atomic E-state index is 0.401. The predicted octanol–water partition coefficient (Wildman–Crippen LogP) is 1.37. The smallest absolute Gasteiger partial charge is 0.160 e. The van der Waals surface area contributed by atoms with Crippen LogP contribution in [0.15, 0.2) is 12.3 Å². The number of hydrogen-bond donors (Lipinski definition) is 1. The number of hydrogen-bond acceptors (Lipinski definition) is 3. The Balaban J connectivity index is 2.19. The Morgan fingerprint density at radius 2 is 2.22 bits per heavy atom. The van der Waals surface area contributed by atoms with E-state index in [1.165, 1.54) is 11.4 Å². The standard InChI is InChI=1S/C13H19N5/c1-9(2)13-15-10-8-14-6-4-11(10)18(13)12-5-7-17(3)16-12/h5,7,9,14H,4,6,8H2,1-3H3. The van der Waals surface area contributed by atoms with Gasteiger partial charge in [-0.05, 0) is 0 Å². The van der Waals surface area contributed by atoms with Crippen molar-refractivity contribution in [3.05, 3.63) is 29.5 Å². The summed E-state index contributed by atoms with van der Waals surface area (Å²) in [6.07, 6.45) is 3.00. The highest BCUT2D eigenvalue weighted by Gasteiger charge is 2.23. The summed E-state index contributed by atoms with van der Waals surface area (Å²) in [5.41, 5.74) is 2.49. The van der Waals surface area contributed by atoms with Gasteiger partial charge in [0.05, 0.1) is 11.4 Å². The fourth-order valence-corrected chi connectivity index (χ4v) is 2.50. The summed E-state index contributed by atoms with van der Waals surface area (Å²) in [6.45, 7) is 6.25. The van der Waals surface area contributed by atoms with Crippen LogP contribution in [0.25, 0.3) is 5.82 Å². The van der Waals surface area contributed by atoms with Crippen LogP contribution < -0.4 is 5.32 Å². The number of nitrogens with one attached hydrogen (secondary N) is 1. The number of nitrogens with zero attached hydrogens (tertiary/aromatic N) is 4. The van der Waals surface area contributed by atoms with Gasteiger partial charge in [-0.1, -0.05) is 13.8 Å². The molecular formula is C13H19N5. The fourth-order valence-electron chi connectivity index (χ4n) is 2.50. The molecule has 2 aromatic rings. The van der Waals surface area contributed by atoms with Gasteiger partial charge in [-0.3, -0.25) is 9.25 Å². The molecule has 0 unspecified atom stereocenters. The number of imidazole rings is 1. The van der Waals surface area contributed by atoms with Crippen molar-refractivity contribution in [3.63, 3.8) is 0 Å². The van der Waals surface area contributed by atoms with Crippen molar-refractivity contribution in [2.45, 2.75) is 32.7 Å². The molecule has 0 bridgehead atoms. The zero-order valence-corrected chi connectivity index (χ0v) is 11.1. The molecule has 2 aromatic heterocycles. The molecule has 0 aliphatic carbocycles. The van der Waals surface area contributed by atoms with Crippen molar-refractivity contribution in [2.24, 2.45) is 7.05 Å². The number of aromatic nitrogens is 4. The van der Waals surface area contributed by atoms with Gasteiger partial charge >= 0.3 is 0 Å². The summed E-state index contributed by atoms with van der Waals surface area (Å²) in [4.78, 5) is 4.79. The molecule has 1 aliphatic rings. The molecule has 3 rings (SSSR count). The lowest BCUT2D eigenvalue weighted by molar-refractivity contribution is 0.616. The van der Waals surface area contributed by atoms with Gasteiger partial charge in [0.1, 0.15) is 5.82 Å². The minimum Gasteiger partial charge on any atom is -0.311 e. The highest BCUT2D eigenvalue weighted by Crippen LogP contribution is 2.24. The molecule has 96 valence electrons. The van der Waals surface area contributed by atoms with E-state index in [2.05, 4.69) is 34.9 Å². The van der Waals surface area contributed by atoms with Crippen LogP contribution in [0.1, 0.15) is 37.0 Å². The molecule has 0 saturated heterocycles. The van der Waals surface area contributed by atoms with Gasteiger partial charge in [0.2, 0.25) is 0 Å². The molecule has 0 aromatic carbocycles. The Labute approximate surface area is 107 Å². The molecule has 5 nitrogen and oxygen atoms in total. The van der Waals surface area contributed by atoms with Gasteiger partial charge in [0, 0.05) is 44.7 Å². The van der Waals surface area contributed by atoms with Gasteiger partial charge in [-0.25, -0.2) is 4.98 Å². The summed E-state index contributed by atoms with van der Waals surface area (Å²) in [6, 6.07) is 2.05. The van der Waals surface area contributed by atoms with E-state index in [-0.39, 0.29) is 0 Å². The quantitative estimate of drug-likeness (QED) is 0.869. The molecule has 0 fully saturated rings. The Kier molecular flexibility index (Phi) is 2.70. The van der Waals surface area contributed by atoms with E-state index in [0.717, 1.165) is 31.2 Å². The minimum absolute atomic E-state index is 0.401. The Hall–Kier alpha value is -1.62. The molecule has 3 heterocycles. The van der Waals surface area contributed by atoms with E-state index in [4.69, 9.17) is 4.98 Å². The summed E-state index contributed by atoms with van der Waals surface area (Å²) in [7, 11) is 1.95. The number of rotatable bonds is 2. The fraction of sp³-hybridized carbons (Fsp3) is 0.538. The Morgan fingerprint density at radius 3 is 2.89 bits per heavy atom. The highest BCUT2D eigenvalue weighted by molar-refractivity contribution is 5.33. The lowest BCUT2D eigenvalue weighted by Gasteiger charge is -2.15. The summed E-state index contributed by atoms with van der Waals surface area (Å²) in [5, 5.41) is 7.90. The van der Waals surface area contributed by atoms with Crippen LogP contribution in [-0.4, -0.2) is 25.9 Å². The Morgan fingerprint density at radius 1 is 1.39 bits per heavy atom. The van der Waals surface area contributed by atoms with Crippen LogP contribution in [0.4, 0.5) is 0 Å². The summed E-state index contributed by atoms with van der Waals surface area (Å²) in [5.74, 6) is 2.50. The molecular weight excluding hydrogens is 226 g/mol. The van der Waals surface area contributed by atoms with E-state index in [0.29, 0.717) is 5.92 Å². The van der Waals surface area contributed by atoms with Crippen LogP contribution in [0.5, 0.6) is 0 Å². The second-order valence-electron chi connectivity index (χ2n) is 5.13. The van der Waals surface area contributed by atoms with E-state index in [9.17, 15) is 0 Å². The third-order valence-corrected chi connectivity index (χ3v) is 3.36. The van der Waals surface area contributed by atoms with E-state index in [1.807, 2.05) is 17.9 Å². The summed E-state index contributed by atoms with van der Waals surface area (Å²) < 4.78 is 4.08.